The second kappa shape index (κ2) is 7.88. The molecule has 1 fully saturated rings. The Balaban J connectivity index is 2.39. The Kier molecular flexibility index (Phi) is 6.84. The molecule has 0 aromatic heterocycles. The van der Waals surface area contributed by atoms with Gasteiger partial charge in [-0.1, -0.05) is 39.0 Å². The highest BCUT2D eigenvalue weighted by atomic mass is 16.2. The summed E-state index contributed by atoms with van der Waals surface area (Å²) in [7, 11) is 0. The van der Waals surface area contributed by atoms with Crippen LogP contribution in [0.15, 0.2) is 0 Å². The van der Waals surface area contributed by atoms with E-state index in [9.17, 15) is 4.79 Å². The SMILES string of the molecule is CCC(C)(C)NC(=O)C(C)NC1CCCCCCC1. The zero-order valence-electron chi connectivity index (χ0n) is 13.2. The Bertz CT molecular complexity index is 268. The second-order valence-corrected chi connectivity index (χ2v) is 6.66. The molecule has 3 nitrogen and oxygen atoms in total. The van der Waals surface area contributed by atoms with Gasteiger partial charge in [0.25, 0.3) is 0 Å². The van der Waals surface area contributed by atoms with Crippen molar-refractivity contribution >= 4 is 5.91 Å². The predicted octanol–water partition coefficient (Wildman–Crippen LogP) is 3.38. The van der Waals surface area contributed by atoms with E-state index in [1.807, 2.05) is 6.92 Å². The predicted molar refractivity (Wildman–Crippen MR) is 81.2 cm³/mol. The summed E-state index contributed by atoms with van der Waals surface area (Å²) in [5.41, 5.74) is -0.103. The van der Waals surface area contributed by atoms with E-state index in [4.69, 9.17) is 0 Å². The Labute approximate surface area is 118 Å². The van der Waals surface area contributed by atoms with Crippen LogP contribution in [0.4, 0.5) is 0 Å². The number of carbonyl (C=O) groups excluding carboxylic acids is 1. The van der Waals surface area contributed by atoms with E-state index < -0.39 is 0 Å². The number of hydrogen-bond donors (Lipinski definition) is 2. The minimum absolute atomic E-state index is 0.0877. The lowest BCUT2D eigenvalue weighted by Crippen LogP contribution is -2.52. The number of carbonyl (C=O) groups is 1. The van der Waals surface area contributed by atoms with Crippen molar-refractivity contribution in [2.45, 2.75) is 96.7 Å². The summed E-state index contributed by atoms with van der Waals surface area (Å²) < 4.78 is 0. The maximum absolute atomic E-state index is 12.2. The molecule has 1 aliphatic rings. The first kappa shape index (κ1) is 16.5. The van der Waals surface area contributed by atoms with Crippen LogP contribution in [-0.4, -0.2) is 23.5 Å². The summed E-state index contributed by atoms with van der Waals surface area (Å²) in [4.78, 5) is 12.2. The Hall–Kier alpha value is -0.570. The standard InChI is InChI=1S/C16H32N2O/c1-5-16(3,4)18-15(19)13(2)17-14-11-9-7-6-8-10-12-14/h13-14,17H,5-12H2,1-4H3,(H,18,19). The first-order valence-corrected chi connectivity index (χ1v) is 8.02. The minimum Gasteiger partial charge on any atom is -0.350 e. The topological polar surface area (TPSA) is 41.1 Å². The lowest BCUT2D eigenvalue weighted by molar-refractivity contribution is -0.124. The molecule has 3 heteroatoms. The molecule has 0 bridgehead atoms. The first-order chi connectivity index (χ1) is 8.94. The van der Waals surface area contributed by atoms with Gasteiger partial charge in [0, 0.05) is 11.6 Å². The summed E-state index contributed by atoms with van der Waals surface area (Å²) >= 11 is 0. The van der Waals surface area contributed by atoms with E-state index in [2.05, 4.69) is 31.4 Å². The van der Waals surface area contributed by atoms with Crippen molar-refractivity contribution in [3.8, 4) is 0 Å². The third-order valence-corrected chi connectivity index (χ3v) is 4.33. The second-order valence-electron chi connectivity index (χ2n) is 6.66. The quantitative estimate of drug-likeness (QED) is 0.802. The average molecular weight is 268 g/mol. The summed E-state index contributed by atoms with van der Waals surface area (Å²) in [6, 6.07) is 0.432. The molecular weight excluding hydrogens is 236 g/mol. The van der Waals surface area contributed by atoms with Crippen molar-refractivity contribution < 1.29 is 4.79 Å². The van der Waals surface area contributed by atoms with Crippen LogP contribution in [0.25, 0.3) is 0 Å². The molecule has 0 aliphatic heterocycles. The van der Waals surface area contributed by atoms with E-state index in [0.717, 1.165) is 6.42 Å². The summed E-state index contributed by atoms with van der Waals surface area (Å²) in [5.74, 6) is 0.133. The zero-order chi connectivity index (χ0) is 14.3. The molecule has 0 radical (unpaired) electrons. The summed E-state index contributed by atoms with van der Waals surface area (Å²) in [5, 5.41) is 6.64. The van der Waals surface area contributed by atoms with Crippen LogP contribution < -0.4 is 10.6 Å². The normalized spacial score (nSPS) is 20.4. The molecule has 112 valence electrons. The molecule has 1 aliphatic carbocycles. The largest absolute Gasteiger partial charge is 0.350 e. The number of hydrogen-bond acceptors (Lipinski definition) is 2. The van der Waals surface area contributed by atoms with Gasteiger partial charge in [0.1, 0.15) is 0 Å². The van der Waals surface area contributed by atoms with E-state index in [1.165, 1.54) is 44.9 Å². The maximum atomic E-state index is 12.2. The van der Waals surface area contributed by atoms with Gasteiger partial charge in [-0.15, -0.1) is 0 Å². The van der Waals surface area contributed by atoms with E-state index >= 15 is 0 Å². The highest BCUT2D eigenvalue weighted by Crippen LogP contribution is 2.17. The van der Waals surface area contributed by atoms with Crippen molar-refractivity contribution in [2.24, 2.45) is 0 Å². The molecule has 0 saturated heterocycles. The number of nitrogens with one attached hydrogen (secondary N) is 2. The molecule has 0 heterocycles. The molecule has 1 saturated carbocycles. The third-order valence-electron chi connectivity index (χ3n) is 4.33. The van der Waals surface area contributed by atoms with Crippen LogP contribution in [0.1, 0.15) is 79.1 Å². The van der Waals surface area contributed by atoms with E-state index in [-0.39, 0.29) is 17.5 Å². The molecular formula is C16H32N2O. The van der Waals surface area contributed by atoms with Gasteiger partial charge in [0.05, 0.1) is 6.04 Å². The summed E-state index contributed by atoms with van der Waals surface area (Å²) in [6.07, 6.45) is 10.1. The molecule has 0 aromatic rings. The monoisotopic (exact) mass is 268 g/mol. The van der Waals surface area contributed by atoms with Gasteiger partial charge in [0.15, 0.2) is 0 Å². The van der Waals surface area contributed by atoms with Gasteiger partial charge in [-0.2, -0.15) is 0 Å². The average Bonchev–Trinajstić information content (AvgIpc) is 2.31. The Morgan fingerprint density at radius 3 is 2.21 bits per heavy atom. The molecule has 2 N–H and O–H groups in total. The Morgan fingerprint density at radius 2 is 1.68 bits per heavy atom. The van der Waals surface area contributed by atoms with Gasteiger partial charge in [-0.25, -0.2) is 0 Å². The summed E-state index contributed by atoms with van der Waals surface area (Å²) in [6.45, 7) is 8.24. The third kappa shape index (κ3) is 6.42. The van der Waals surface area contributed by atoms with E-state index in [0.29, 0.717) is 6.04 Å². The first-order valence-electron chi connectivity index (χ1n) is 8.02. The smallest absolute Gasteiger partial charge is 0.237 e. The minimum atomic E-state index is -0.103. The fourth-order valence-corrected chi connectivity index (χ4v) is 2.58. The van der Waals surface area contributed by atoms with Crippen molar-refractivity contribution in [1.29, 1.82) is 0 Å². The van der Waals surface area contributed by atoms with Crippen molar-refractivity contribution in [2.75, 3.05) is 0 Å². The number of amides is 1. The molecule has 0 aromatic carbocycles. The van der Waals surface area contributed by atoms with Crippen molar-refractivity contribution in [1.82, 2.24) is 10.6 Å². The molecule has 1 atom stereocenters. The van der Waals surface area contributed by atoms with Gasteiger partial charge >= 0.3 is 0 Å². The van der Waals surface area contributed by atoms with Gasteiger partial charge in [-0.05, 0) is 40.0 Å². The van der Waals surface area contributed by atoms with Crippen molar-refractivity contribution in [3.63, 3.8) is 0 Å². The van der Waals surface area contributed by atoms with Crippen LogP contribution in [0.5, 0.6) is 0 Å². The highest BCUT2D eigenvalue weighted by Gasteiger charge is 2.23. The fourth-order valence-electron chi connectivity index (χ4n) is 2.58. The van der Waals surface area contributed by atoms with Crippen LogP contribution >= 0.6 is 0 Å². The van der Waals surface area contributed by atoms with Crippen LogP contribution in [0, 0.1) is 0 Å². The molecule has 1 rings (SSSR count). The molecule has 1 amide bonds. The molecule has 19 heavy (non-hydrogen) atoms. The lowest BCUT2D eigenvalue weighted by atomic mass is 9.96. The van der Waals surface area contributed by atoms with Crippen molar-refractivity contribution in [3.05, 3.63) is 0 Å². The van der Waals surface area contributed by atoms with E-state index in [1.54, 1.807) is 0 Å². The molecule has 1 unspecified atom stereocenters. The number of rotatable bonds is 5. The van der Waals surface area contributed by atoms with Gasteiger partial charge in [-0.3, -0.25) is 4.79 Å². The zero-order valence-corrected chi connectivity index (χ0v) is 13.2. The fraction of sp³-hybridized carbons (Fsp3) is 0.938. The Morgan fingerprint density at radius 1 is 1.16 bits per heavy atom. The van der Waals surface area contributed by atoms with Crippen LogP contribution in [0.3, 0.4) is 0 Å². The molecule has 0 spiro atoms. The van der Waals surface area contributed by atoms with Crippen LogP contribution in [0.2, 0.25) is 0 Å². The van der Waals surface area contributed by atoms with Crippen LogP contribution in [-0.2, 0) is 4.79 Å². The maximum Gasteiger partial charge on any atom is 0.237 e. The lowest BCUT2D eigenvalue weighted by Gasteiger charge is -2.29. The van der Waals surface area contributed by atoms with Gasteiger partial charge < -0.3 is 10.6 Å². The highest BCUT2D eigenvalue weighted by molar-refractivity contribution is 5.82. The van der Waals surface area contributed by atoms with Gasteiger partial charge in [0.2, 0.25) is 5.91 Å².